The Bertz CT molecular complexity index is 370. The van der Waals surface area contributed by atoms with Gasteiger partial charge in [0, 0.05) is 32.7 Å². The number of aromatic hydroxyl groups is 1. The zero-order chi connectivity index (χ0) is 12.3. The Labute approximate surface area is 103 Å². The highest BCUT2D eigenvalue weighted by Crippen LogP contribution is 2.26. The second kappa shape index (κ2) is 5.52. The third-order valence-corrected chi connectivity index (χ3v) is 3.33. The van der Waals surface area contributed by atoms with Crippen molar-refractivity contribution in [2.24, 2.45) is 0 Å². The zero-order valence-electron chi connectivity index (χ0n) is 10.7. The molecule has 17 heavy (non-hydrogen) atoms. The summed E-state index contributed by atoms with van der Waals surface area (Å²) < 4.78 is 0. The van der Waals surface area contributed by atoms with E-state index in [1.807, 2.05) is 12.1 Å². The van der Waals surface area contributed by atoms with Crippen LogP contribution in [0.2, 0.25) is 0 Å². The maximum atomic E-state index is 9.79. The van der Waals surface area contributed by atoms with E-state index in [9.17, 15) is 5.11 Å². The van der Waals surface area contributed by atoms with E-state index >= 15 is 0 Å². The standard InChI is InChI=1S/C14H22N2O/c1-11(2)13-9-12(3-4-14(13)17)10-16-7-5-15-6-8-16/h3-4,9,11,15,17H,5-8,10H2,1-2H3. The molecule has 0 bridgehead atoms. The second-order valence-electron chi connectivity index (χ2n) is 5.07. The lowest BCUT2D eigenvalue weighted by atomic mass is 9.99. The molecule has 3 nitrogen and oxygen atoms in total. The second-order valence-corrected chi connectivity index (χ2v) is 5.07. The summed E-state index contributed by atoms with van der Waals surface area (Å²) in [4.78, 5) is 2.45. The van der Waals surface area contributed by atoms with Crippen LogP contribution in [-0.4, -0.2) is 36.2 Å². The molecule has 1 aliphatic heterocycles. The Hall–Kier alpha value is -1.06. The van der Waals surface area contributed by atoms with Crippen molar-refractivity contribution in [2.45, 2.75) is 26.3 Å². The number of benzene rings is 1. The maximum Gasteiger partial charge on any atom is 0.119 e. The van der Waals surface area contributed by atoms with Crippen molar-refractivity contribution in [2.75, 3.05) is 26.2 Å². The Kier molecular flexibility index (Phi) is 4.02. The fourth-order valence-electron chi connectivity index (χ4n) is 2.29. The Morgan fingerprint density at radius 2 is 2.00 bits per heavy atom. The van der Waals surface area contributed by atoms with E-state index in [0.717, 1.165) is 38.3 Å². The average Bonchev–Trinajstić information content (AvgIpc) is 2.32. The molecule has 1 aliphatic rings. The van der Waals surface area contributed by atoms with Gasteiger partial charge in [-0.2, -0.15) is 0 Å². The van der Waals surface area contributed by atoms with Crippen LogP contribution >= 0.6 is 0 Å². The van der Waals surface area contributed by atoms with E-state index < -0.39 is 0 Å². The highest BCUT2D eigenvalue weighted by molar-refractivity contribution is 5.38. The van der Waals surface area contributed by atoms with Crippen LogP contribution in [0.3, 0.4) is 0 Å². The van der Waals surface area contributed by atoms with Crippen LogP contribution in [-0.2, 0) is 6.54 Å². The Balaban J connectivity index is 2.07. The highest BCUT2D eigenvalue weighted by atomic mass is 16.3. The Morgan fingerprint density at radius 1 is 1.29 bits per heavy atom. The molecule has 2 rings (SSSR count). The number of nitrogens with zero attached hydrogens (tertiary/aromatic N) is 1. The topological polar surface area (TPSA) is 35.5 Å². The molecule has 2 N–H and O–H groups in total. The number of rotatable bonds is 3. The van der Waals surface area contributed by atoms with E-state index in [0.29, 0.717) is 11.7 Å². The summed E-state index contributed by atoms with van der Waals surface area (Å²) in [6, 6.07) is 6.00. The van der Waals surface area contributed by atoms with Gasteiger partial charge in [0.05, 0.1) is 0 Å². The predicted octanol–water partition coefficient (Wildman–Crippen LogP) is 1.92. The van der Waals surface area contributed by atoms with Crippen molar-refractivity contribution in [3.8, 4) is 5.75 Å². The van der Waals surface area contributed by atoms with Crippen molar-refractivity contribution >= 4 is 0 Å². The van der Waals surface area contributed by atoms with Gasteiger partial charge in [-0.3, -0.25) is 4.90 Å². The van der Waals surface area contributed by atoms with Crippen LogP contribution in [0.15, 0.2) is 18.2 Å². The van der Waals surface area contributed by atoms with Crippen LogP contribution in [0, 0.1) is 0 Å². The molecule has 1 fully saturated rings. The first-order valence-electron chi connectivity index (χ1n) is 6.41. The minimum Gasteiger partial charge on any atom is -0.508 e. The number of phenolic OH excluding ortho intramolecular Hbond substituents is 1. The summed E-state index contributed by atoms with van der Waals surface area (Å²) in [5.41, 5.74) is 2.35. The lowest BCUT2D eigenvalue weighted by Crippen LogP contribution is -2.42. The summed E-state index contributed by atoms with van der Waals surface area (Å²) in [5.74, 6) is 0.794. The quantitative estimate of drug-likeness (QED) is 0.838. The first-order valence-corrected chi connectivity index (χ1v) is 6.41. The number of phenols is 1. The summed E-state index contributed by atoms with van der Waals surface area (Å²) in [6.45, 7) is 9.59. The van der Waals surface area contributed by atoms with Gasteiger partial charge >= 0.3 is 0 Å². The molecule has 0 atom stereocenters. The van der Waals surface area contributed by atoms with Gasteiger partial charge in [0.1, 0.15) is 5.75 Å². The highest BCUT2D eigenvalue weighted by Gasteiger charge is 2.12. The van der Waals surface area contributed by atoms with Crippen LogP contribution in [0.25, 0.3) is 0 Å². The van der Waals surface area contributed by atoms with Crippen molar-refractivity contribution in [1.29, 1.82) is 0 Å². The molecule has 0 aliphatic carbocycles. The molecular formula is C14H22N2O. The van der Waals surface area contributed by atoms with E-state index in [1.54, 1.807) is 0 Å². The average molecular weight is 234 g/mol. The summed E-state index contributed by atoms with van der Waals surface area (Å²) in [5, 5.41) is 13.1. The fourth-order valence-corrected chi connectivity index (χ4v) is 2.29. The summed E-state index contributed by atoms with van der Waals surface area (Å²) in [6.07, 6.45) is 0. The summed E-state index contributed by atoms with van der Waals surface area (Å²) in [7, 11) is 0. The van der Waals surface area contributed by atoms with Gasteiger partial charge in [0.15, 0.2) is 0 Å². The first-order chi connectivity index (χ1) is 8.16. The molecule has 3 heteroatoms. The van der Waals surface area contributed by atoms with Crippen molar-refractivity contribution in [3.63, 3.8) is 0 Å². The van der Waals surface area contributed by atoms with Crippen molar-refractivity contribution in [3.05, 3.63) is 29.3 Å². The van der Waals surface area contributed by atoms with Gasteiger partial charge < -0.3 is 10.4 Å². The summed E-state index contributed by atoms with van der Waals surface area (Å²) >= 11 is 0. The molecule has 1 saturated heterocycles. The van der Waals surface area contributed by atoms with E-state index in [1.165, 1.54) is 5.56 Å². The van der Waals surface area contributed by atoms with Gasteiger partial charge in [-0.15, -0.1) is 0 Å². The number of piperazine rings is 1. The monoisotopic (exact) mass is 234 g/mol. The predicted molar refractivity (Wildman–Crippen MR) is 70.3 cm³/mol. The van der Waals surface area contributed by atoms with Gasteiger partial charge in [-0.05, 0) is 23.1 Å². The fraction of sp³-hybridized carbons (Fsp3) is 0.571. The molecule has 1 aromatic carbocycles. The van der Waals surface area contributed by atoms with Gasteiger partial charge in [-0.25, -0.2) is 0 Å². The van der Waals surface area contributed by atoms with Crippen molar-refractivity contribution < 1.29 is 5.11 Å². The van der Waals surface area contributed by atoms with Crippen molar-refractivity contribution in [1.82, 2.24) is 10.2 Å². The molecule has 0 saturated carbocycles. The van der Waals surface area contributed by atoms with Crippen LogP contribution in [0.1, 0.15) is 30.9 Å². The molecule has 0 aromatic heterocycles. The Morgan fingerprint density at radius 3 is 2.65 bits per heavy atom. The van der Waals surface area contributed by atoms with E-state index in [-0.39, 0.29) is 0 Å². The lowest BCUT2D eigenvalue weighted by molar-refractivity contribution is 0.233. The van der Waals surface area contributed by atoms with Crippen LogP contribution < -0.4 is 5.32 Å². The lowest BCUT2D eigenvalue weighted by Gasteiger charge is -2.27. The minimum absolute atomic E-state index is 0.373. The van der Waals surface area contributed by atoms with Crippen LogP contribution in [0.5, 0.6) is 5.75 Å². The first kappa shape index (κ1) is 12.4. The van der Waals surface area contributed by atoms with Gasteiger partial charge in [0.25, 0.3) is 0 Å². The smallest absolute Gasteiger partial charge is 0.119 e. The SMILES string of the molecule is CC(C)c1cc(CN2CCNCC2)ccc1O. The molecular weight excluding hydrogens is 212 g/mol. The number of hydrogen-bond acceptors (Lipinski definition) is 3. The number of hydrogen-bond donors (Lipinski definition) is 2. The molecule has 0 spiro atoms. The van der Waals surface area contributed by atoms with Gasteiger partial charge in [-0.1, -0.05) is 26.0 Å². The third kappa shape index (κ3) is 3.20. The molecule has 0 radical (unpaired) electrons. The molecule has 1 heterocycles. The van der Waals surface area contributed by atoms with Gasteiger partial charge in [0.2, 0.25) is 0 Å². The van der Waals surface area contributed by atoms with E-state index in [2.05, 4.69) is 30.1 Å². The number of nitrogens with one attached hydrogen (secondary N) is 1. The molecule has 94 valence electrons. The third-order valence-electron chi connectivity index (χ3n) is 3.33. The zero-order valence-corrected chi connectivity index (χ0v) is 10.7. The minimum atomic E-state index is 0.373. The molecule has 0 amide bonds. The largest absolute Gasteiger partial charge is 0.508 e. The normalized spacial score (nSPS) is 17.6. The molecule has 0 unspecified atom stereocenters. The van der Waals surface area contributed by atoms with Crippen LogP contribution in [0.4, 0.5) is 0 Å². The van der Waals surface area contributed by atoms with E-state index in [4.69, 9.17) is 0 Å². The maximum absolute atomic E-state index is 9.79. The molecule has 1 aromatic rings.